The van der Waals surface area contributed by atoms with Gasteiger partial charge in [0.25, 0.3) is 5.91 Å². The van der Waals surface area contributed by atoms with Crippen molar-refractivity contribution in [2.24, 2.45) is 0 Å². The zero-order valence-corrected chi connectivity index (χ0v) is 13.9. The van der Waals surface area contributed by atoms with Crippen molar-refractivity contribution in [2.75, 3.05) is 19.0 Å². The molecule has 0 atom stereocenters. The lowest BCUT2D eigenvalue weighted by molar-refractivity contribution is -0.176. The van der Waals surface area contributed by atoms with Gasteiger partial charge in [-0.1, -0.05) is 12.1 Å². The number of nitrogens with one attached hydrogen (secondary N) is 1. The number of amides is 1. The fourth-order valence-corrected chi connectivity index (χ4v) is 2.66. The minimum absolute atomic E-state index is 0.210. The SMILES string of the molecule is COC(=O)c1sccc1NC(=O)c1ccc(COCC(F)(F)F)cc1. The van der Waals surface area contributed by atoms with Gasteiger partial charge < -0.3 is 14.8 Å². The lowest BCUT2D eigenvalue weighted by atomic mass is 10.1. The molecule has 5 nitrogen and oxygen atoms in total. The first-order chi connectivity index (χ1) is 11.8. The second-order valence-electron chi connectivity index (χ2n) is 4.91. The van der Waals surface area contributed by atoms with Gasteiger partial charge in [-0.25, -0.2) is 4.79 Å². The molecule has 0 unspecified atom stereocenters. The summed E-state index contributed by atoms with van der Waals surface area (Å²) in [7, 11) is 1.24. The first kappa shape index (κ1) is 18.9. The van der Waals surface area contributed by atoms with Crippen LogP contribution in [0.4, 0.5) is 18.9 Å². The minimum Gasteiger partial charge on any atom is -0.465 e. The smallest absolute Gasteiger partial charge is 0.411 e. The van der Waals surface area contributed by atoms with Gasteiger partial charge in [-0.05, 0) is 29.1 Å². The fourth-order valence-electron chi connectivity index (χ4n) is 1.89. The number of thiophene rings is 1. The molecule has 2 rings (SSSR count). The van der Waals surface area contributed by atoms with Crippen molar-refractivity contribution in [3.63, 3.8) is 0 Å². The van der Waals surface area contributed by atoms with Crippen molar-refractivity contribution in [3.05, 3.63) is 51.7 Å². The summed E-state index contributed by atoms with van der Waals surface area (Å²) in [4.78, 5) is 24.0. The highest BCUT2D eigenvalue weighted by molar-refractivity contribution is 7.12. The summed E-state index contributed by atoms with van der Waals surface area (Å²) in [5.74, 6) is -1.01. The molecule has 134 valence electrons. The predicted octanol–water partition coefficient (Wildman–Crippen LogP) is 3.87. The third kappa shape index (κ3) is 5.57. The fraction of sp³-hybridized carbons (Fsp3) is 0.250. The maximum Gasteiger partial charge on any atom is 0.411 e. The van der Waals surface area contributed by atoms with Gasteiger partial charge in [-0.3, -0.25) is 4.79 Å². The highest BCUT2D eigenvalue weighted by atomic mass is 32.1. The van der Waals surface area contributed by atoms with Crippen molar-refractivity contribution in [3.8, 4) is 0 Å². The standard InChI is InChI=1S/C16H14F3NO4S/c1-23-15(22)13-12(6-7-25-13)20-14(21)11-4-2-10(3-5-11)8-24-9-16(17,18)19/h2-7H,8-9H2,1H3,(H,20,21). The Balaban J connectivity index is 1.97. The van der Waals surface area contributed by atoms with E-state index in [1.165, 1.54) is 31.4 Å². The number of methoxy groups -OCH3 is 1. The third-order valence-corrected chi connectivity index (χ3v) is 3.93. The molecule has 0 aliphatic carbocycles. The molecule has 1 N–H and O–H groups in total. The molecule has 0 saturated heterocycles. The summed E-state index contributed by atoms with van der Waals surface area (Å²) in [5, 5.41) is 4.24. The molecule has 0 aliphatic rings. The number of ether oxygens (including phenoxy) is 2. The number of halogens is 3. The number of benzene rings is 1. The van der Waals surface area contributed by atoms with Gasteiger partial charge in [0, 0.05) is 5.56 Å². The van der Waals surface area contributed by atoms with Crippen LogP contribution in [0.25, 0.3) is 0 Å². The van der Waals surface area contributed by atoms with Crippen molar-refractivity contribution >= 4 is 28.9 Å². The van der Waals surface area contributed by atoms with Crippen molar-refractivity contribution in [2.45, 2.75) is 12.8 Å². The molecule has 1 amide bonds. The zero-order valence-electron chi connectivity index (χ0n) is 13.1. The van der Waals surface area contributed by atoms with Crippen LogP contribution in [-0.4, -0.2) is 31.8 Å². The Hall–Kier alpha value is -2.39. The third-order valence-electron chi connectivity index (χ3n) is 3.03. The van der Waals surface area contributed by atoms with Crippen LogP contribution in [0.5, 0.6) is 0 Å². The van der Waals surface area contributed by atoms with E-state index in [0.717, 1.165) is 11.3 Å². The van der Waals surface area contributed by atoms with Gasteiger partial charge >= 0.3 is 12.1 Å². The van der Waals surface area contributed by atoms with Crippen LogP contribution in [0, 0.1) is 0 Å². The molecule has 0 spiro atoms. The Labute approximate surface area is 145 Å². The summed E-state index contributed by atoms with van der Waals surface area (Å²) >= 11 is 1.14. The number of anilines is 1. The highest BCUT2D eigenvalue weighted by Gasteiger charge is 2.27. The zero-order chi connectivity index (χ0) is 18.4. The summed E-state index contributed by atoms with van der Waals surface area (Å²) in [6.07, 6.45) is -4.38. The molecular weight excluding hydrogens is 359 g/mol. The largest absolute Gasteiger partial charge is 0.465 e. The Morgan fingerprint density at radius 2 is 1.84 bits per heavy atom. The second kappa shape index (κ2) is 8.13. The number of alkyl halides is 3. The molecule has 0 radical (unpaired) electrons. The summed E-state index contributed by atoms with van der Waals surface area (Å²) in [6, 6.07) is 7.51. The first-order valence-electron chi connectivity index (χ1n) is 7.01. The summed E-state index contributed by atoms with van der Waals surface area (Å²) in [5.41, 5.74) is 1.13. The highest BCUT2D eigenvalue weighted by Crippen LogP contribution is 2.24. The Kier molecular flexibility index (Phi) is 6.16. The summed E-state index contributed by atoms with van der Waals surface area (Å²) in [6.45, 7) is -1.54. The van der Waals surface area contributed by atoms with Crippen molar-refractivity contribution in [1.82, 2.24) is 0 Å². The van der Waals surface area contributed by atoms with Gasteiger partial charge in [-0.15, -0.1) is 11.3 Å². The van der Waals surface area contributed by atoms with E-state index in [1.807, 2.05) is 0 Å². The maximum atomic E-state index is 12.2. The van der Waals surface area contributed by atoms with Gasteiger partial charge in [0.05, 0.1) is 19.4 Å². The average Bonchev–Trinajstić information content (AvgIpc) is 3.01. The van der Waals surface area contributed by atoms with E-state index in [9.17, 15) is 22.8 Å². The minimum atomic E-state index is -4.38. The van der Waals surface area contributed by atoms with Crippen LogP contribution in [0.3, 0.4) is 0 Å². The second-order valence-corrected chi connectivity index (χ2v) is 5.83. The molecular formula is C16H14F3NO4S. The van der Waals surface area contributed by atoms with E-state index < -0.39 is 24.7 Å². The molecule has 25 heavy (non-hydrogen) atoms. The molecule has 1 aromatic heterocycles. The number of hydrogen-bond acceptors (Lipinski definition) is 5. The van der Waals surface area contributed by atoms with E-state index in [-0.39, 0.29) is 11.5 Å². The van der Waals surface area contributed by atoms with Crippen LogP contribution < -0.4 is 5.32 Å². The van der Waals surface area contributed by atoms with Crippen LogP contribution in [0.2, 0.25) is 0 Å². The molecule has 0 fully saturated rings. The number of esters is 1. The van der Waals surface area contributed by atoms with E-state index in [2.05, 4.69) is 14.8 Å². The predicted molar refractivity (Wildman–Crippen MR) is 85.8 cm³/mol. The van der Waals surface area contributed by atoms with E-state index in [1.54, 1.807) is 11.4 Å². The van der Waals surface area contributed by atoms with Crippen LogP contribution in [0.15, 0.2) is 35.7 Å². The van der Waals surface area contributed by atoms with Gasteiger partial charge in [-0.2, -0.15) is 13.2 Å². The monoisotopic (exact) mass is 373 g/mol. The van der Waals surface area contributed by atoms with E-state index >= 15 is 0 Å². The Morgan fingerprint density at radius 3 is 2.44 bits per heavy atom. The quantitative estimate of drug-likeness (QED) is 0.781. The van der Waals surface area contributed by atoms with Crippen LogP contribution >= 0.6 is 11.3 Å². The lowest BCUT2D eigenvalue weighted by Gasteiger charge is -2.09. The Bertz CT molecular complexity index is 741. The van der Waals surface area contributed by atoms with E-state index in [4.69, 9.17) is 0 Å². The molecule has 0 saturated carbocycles. The van der Waals surface area contributed by atoms with Crippen molar-refractivity contribution in [1.29, 1.82) is 0 Å². The maximum absolute atomic E-state index is 12.2. The molecule has 1 heterocycles. The number of carbonyl (C=O) groups is 2. The number of hydrogen-bond donors (Lipinski definition) is 1. The molecule has 1 aromatic carbocycles. The Morgan fingerprint density at radius 1 is 1.16 bits per heavy atom. The molecule has 9 heteroatoms. The normalized spacial score (nSPS) is 11.2. The van der Waals surface area contributed by atoms with Gasteiger partial charge in [0.1, 0.15) is 11.5 Å². The first-order valence-corrected chi connectivity index (χ1v) is 7.88. The van der Waals surface area contributed by atoms with Gasteiger partial charge in [0.15, 0.2) is 0 Å². The van der Waals surface area contributed by atoms with Crippen molar-refractivity contribution < 1.29 is 32.2 Å². The molecule has 0 aliphatic heterocycles. The number of carbonyl (C=O) groups excluding carboxylic acids is 2. The topological polar surface area (TPSA) is 64.6 Å². The number of rotatable bonds is 6. The summed E-state index contributed by atoms with van der Waals surface area (Å²) < 4.78 is 45.2. The van der Waals surface area contributed by atoms with Gasteiger partial charge in [0.2, 0.25) is 0 Å². The molecule has 2 aromatic rings. The van der Waals surface area contributed by atoms with Crippen LogP contribution in [-0.2, 0) is 16.1 Å². The average molecular weight is 373 g/mol. The van der Waals surface area contributed by atoms with E-state index in [0.29, 0.717) is 16.8 Å². The molecule has 0 bridgehead atoms. The lowest BCUT2D eigenvalue weighted by Crippen LogP contribution is -2.16. The van der Waals surface area contributed by atoms with Crippen LogP contribution in [0.1, 0.15) is 25.6 Å².